The van der Waals surface area contributed by atoms with Crippen LogP contribution in [-0.4, -0.2) is 15.7 Å². The van der Waals surface area contributed by atoms with E-state index in [4.69, 9.17) is 0 Å². The molecule has 0 fully saturated rings. The van der Waals surface area contributed by atoms with Gasteiger partial charge in [0.2, 0.25) is 0 Å². The lowest BCUT2D eigenvalue weighted by molar-refractivity contribution is 1.57. The normalized spacial score (nSPS) is 9.87. The van der Waals surface area contributed by atoms with Crippen molar-refractivity contribution in [3.8, 4) is 0 Å². The van der Waals surface area contributed by atoms with Crippen LogP contribution in [0.3, 0.4) is 0 Å². The number of hydrogen-bond donors (Lipinski definition) is 1. The number of rotatable bonds is 2. The van der Waals surface area contributed by atoms with Crippen LogP contribution in [0, 0.1) is 0 Å². The predicted octanol–water partition coefficient (Wildman–Crippen LogP) is -0.0530. The highest BCUT2D eigenvalue weighted by atomic mass is 14.9. The predicted molar refractivity (Wildman–Crippen MR) is 72.5 cm³/mol. The Hall–Kier alpha value is -1.63. The minimum absolute atomic E-state index is 1.13. The van der Waals surface area contributed by atoms with E-state index in [1.807, 2.05) is 0 Å². The lowest BCUT2D eigenvalue weighted by Crippen LogP contribution is -2.02. The van der Waals surface area contributed by atoms with Crippen LogP contribution in [0.15, 0.2) is 48.5 Å². The van der Waals surface area contributed by atoms with Crippen molar-refractivity contribution in [1.29, 1.82) is 0 Å². The molecule has 0 aliphatic heterocycles. The smallest absolute Gasteiger partial charge is 0.139 e. The fourth-order valence-corrected chi connectivity index (χ4v) is 1.44. The Kier molecular flexibility index (Phi) is 2.82. The summed E-state index contributed by atoms with van der Waals surface area (Å²) < 4.78 is 0. The molecule has 0 atom stereocenters. The van der Waals surface area contributed by atoms with Gasteiger partial charge in [-0.2, -0.15) is 0 Å². The van der Waals surface area contributed by atoms with Crippen LogP contribution in [0.2, 0.25) is 0 Å². The van der Waals surface area contributed by atoms with Gasteiger partial charge >= 0.3 is 0 Å². The molecule has 0 radical (unpaired) electrons. The molecule has 0 aliphatic rings. The molecule has 0 saturated carbocycles. The Morgan fingerprint density at radius 3 is 1.27 bits per heavy atom. The number of hydrogen-bond acceptors (Lipinski definition) is 1. The van der Waals surface area contributed by atoms with E-state index in [0.717, 1.165) is 11.4 Å². The molecule has 0 unspecified atom stereocenters. The average Bonchev–Trinajstić information content (AvgIpc) is 2.25. The summed E-state index contributed by atoms with van der Waals surface area (Å²) >= 11 is 0. The van der Waals surface area contributed by atoms with Crippen molar-refractivity contribution in [2.75, 3.05) is 5.32 Å². The van der Waals surface area contributed by atoms with Gasteiger partial charge in [0.1, 0.15) is 15.7 Å². The zero-order chi connectivity index (χ0) is 10.7. The quantitative estimate of drug-likeness (QED) is 0.659. The third-order valence-corrected chi connectivity index (χ3v) is 2.39. The number of benzene rings is 2. The summed E-state index contributed by atoms with van der Waals surface area (Å²) in [6.45, 7) is 0. The molecule has 3 heteroatoms. The molecule has 0 amide bonds. The Labute approximate surface area is 92.3 Å². The van der Waals surface area contributed by atoms with E-state index in [2.05, 4.69) is 69.5 Å². The van der Waals surface area contributed by atoms with Gasteiger partial charge in [0, 0.05) is 11.4 Å². The summed E-state index contributed by atoms with van der Waals surface area (Å²) in [7, 11) is 4.19. The van der Waals surface area contributed by atoms with Crippen LogP contribution in [0.4, 0.5) is 11.4 Å². The van der Waals surface area contributed by atoms with Crippen molar-refractivity contribution in [2.45, 2.75) is 0 Å². The minimum atomic E-state index is 1.13. The van der Waals surface area contributed by atoms with E-state index in [0.29, 0.717) is 0 Å². The lowest BCUT2D eigenvalue weighted by Gasteiger charge is -2.06. The fourth-order valence-electron chi connectivity index (χ4n) is 1.44. The largest absolute Gasteiger partial charge is 0.356 e. The van der Waals surface area contributed by atoms with Gasteiger partial charge in [-0.1, -0.05) is 35.2 Å². The minimum Gasteiger partial charge on any atom is -0.356 e. The number of anilines is 2. The molecular formula is C12H13B2N. The van der Waals surface area contributed by atoms with Gasteiger partial charge < -0.3 is 5.32 Å². The highest BCUT2D eigenvalue weighted by Gasteiger charge is 1.93. The van der Waals surface area contributed by atoms with Crippen molar-refractivity contribution in [3.63, 3.8) is 0 Å². The van der Waals surface area contributed by atoms with Crippen LogP contribution in [0.1, 0.15) is 0 Å². The molecule has 0 heterocycles. The van der Waals surface area contributed by atoms with E-state index in [-0.39, 0.29) is 0 Å². The third-order valence-electron chi connectivity index (χ3n) is 2.39. The second-order valence-corrected chi connectivity index (χ2v) is 3.86. The molecule has 72 valence electrons. The van der Waals surface area contributed by atoms with Crippen molar-refractivity contribution < 1.29 is 0 Å². The molecule has 0 aliphatic carbocycles. The Morgan fingerprint density at radius 2 is 0.933 bits per heavy atom. The van der Waals surface area contributed by atoms with Crippen LogP contribution in [-0.2, 0) is 0 Å². The maximum absolute atomic E-state index is 3.36. The summed E-state index contributed by atoms with van der Waals surface area (Å²) in [4.78, 5) is 0. The molecular weight excluding hydrogens is 180 g/mol. The average molecular weight is 193 g/mol. The first-order valence-electron chi connectivity index (χ1n) is 5.14. The van der Waals surface area contributed by atoms with Gasteiger partial charge in [-0.3, -0.25) is 0 Å². The topological polar surface area (TPSA) is 12.0 Å². The first kappa shape index (κ1) is 9.91. The molecule has 0 aromatic heterocycles. The fraction of sp³-hybridized carbons (Fsp3) is 0. The SMILES string of the molecule is Bc1ccc(Nc2ccc(B)cc2)cc1. The molecule has 2 rings (SSSR count). The first-order valence-corrected chi connectivity index (χ1v) is 5.14. The van der Waals surface area contributed by atoms with Crippen molar-refractivity contribution >= 4 is 38.0 Å². The molecule has 1 N–H and O–H groups in total. The maximum Gasteiger partial charge on any atom is 0.139 e. The molecule has 1 nitrogen and oxygen atoms in total. The van der Waals surface area contributed by atoms with Crippen molar-refractivity contribution in [1.82, 2.24) is 0 Å². The van der Waals surface area contributed by atoms with E-state index in [9.17, 15) is 0 Å². The summed E-state index contributed by atoms with van der Waals surface area (Å²) in [6, 6.07) is 16.8. The van der Waals surface area contributed by atoms with Crippen molar-refractivity contribution in [3.05, 3.63) is 48.5 Å². The van der Waals surface area contributed by atoms with E-state index in [1.54, 1.807) is 0 Å². The van der Waals surface area contributed by atoms with Crippen molar-refractivity contribution in [2.24, 2.45) is 0 Å². The van der Waals surface area contributed by atoms with Gasteiger partial charge in [0.25, 0.3) is 0 Å². The zero-order valence-electron chi connectivity index (χ0n) is 9.12. The second kappa shape index (κ2) is 4.26. The van der Waals surface area contributed by atoms with E-state index in [1.165, 1.54) is 10.9 Å². The van der Waals surface area contributed by atoms with Crippen LogP contribution in [0.25, 0.3) is 0 Å². The van der Waals surface area contributed by atoms with Gasteiger partial charge in [-0.05, 0) is 24.3 Å². The monoisotopic (exact) mass is 193 g/mol. The molecule has 2 aromatic rings. The van der Waals surface area contributed by atoms with Crippen LogP contribution >= 0.6 is 0 Å². The summed E-state index contributed by atoms with van der Waals surface area (Å²) in [5.74, 6) is 0. The first-order chi connectivity index (χ1) is 7.24. The molecule has 0 spiro atoms. The molecule has 2 aromatic carbocycles. The Balaban J connectivity index is 2.15. The van der Waals surface area contributed by atoms with E-state index < -0.39 is 0 Å². The van der Waals surface area contributed by atoms with Gasteiger partial charge in [0.05, 0.1) is 0 Å². The van der Waals surface area contributed by atoms with Crippen LogP contribution < -0.4 is 16.2 Å². The lowest BCUT2D eigenvalue weighted by atomic mass is 9.96. The third kappa shape index (κ3) is 2.66. The summed E-state index contributed by atoms with van der Waals surface area (Å²) in [6.07, 6.45) is 0. The summed E-state index contributed by atoms with van der Waals surface area (Å²) in [5.41, 5.74) is 4.82. The van der Waals surface area contributed by atoms with Gasteiger partial charge in [-0.25, -0.2) is 0 Å². The standard InChI is InChI=1S/C12H13B2N/c13-9-1-5-11(6-2-9)15-12-7-3-10(14)4-8-12/h1-8,15H,13-14H2. The highest BCUT2D eigenvalue weighted by molar-refractivity contribution is 6.32. The molecule has 15 heavy (non-hydrogen) atoms. The highest BCUT2D eigenvalue weighted by Crippen LogP contribution is 2.13. The Bertz CT molecular complexity index is 391. The second-order valence-electron chi connectivity index (χ2n) is 3.86. The Morgan fingerprint density at radius 1 is 0.600 bits per heavy atom. The number of nitrogens with one attached hydrogen (secondary N) is 1. The summed E-state index contributed by atoms with van der Waals surface area (Å²) in [5, 5.41) is 3.36. The zero-order valence-corrected chi connectivity index (χ0v) is 9.12. The molecule has 0 saturated heterocycles. The van der Waals surface area contributed by atoms with Crippen LogP contribution in [0.5, 0.6) is 0 Å². The maximum atomic E-state index is 3.36. The molecule has 0 bridgehead atoms. The van der Waals surface area contributed by atoms with Gasteiger partial charge in [0.15, 0.2) is 0 Å². The van der Waals surface area contributed by atoms with Gasteiger partial charge in [-0.15, -0.1) is 0 Å². The van der Waals surface area contributed by atoms with E-state index >= 15 is 0 Å².